The maximum absolute atomic E-state index is 12.7. The fraction of sp³-hybridized carbons (Fsp3) is 0.294. The number of rotatable bonds is 6. The zero-order valence-corrected chi connectivity index (χ0v) is 15.1. The van der Waals surface area contributed by atoms with E-state index in [1.54, 1.807) is 6.20 Å². The minimum atomic E-state index is -3.92. The largest absolute Gasteiger partial charge is 0.496 e. The van der Waals surface area contributed by atoms with E-state index in [9.17, 15) is 13.2 Å². The fourth-order valence-electron chi connectivity index (χ4n) is 2.35. The van der Waals surface area contributed by atoms with E-state index in [0.29, 0.717) is 6.42 Å². The van der Waals surface area contributed by atoms with E-state index in [1.165, 1.54) is 25.3 Å². The molecular weight excluding hydrogens is 342 g/mol. The molecule has 1 aromatic heterocycles. The molecule has 0 radical (unpaired) electrons. The monoisotopic (exact) mass is 363 g/mol. The first kappa shape index (κ1) is 18.9. The highest BCUT2D eigenvalue weighted by atomic mass is 32.2. The van der Waals surface area contributed by atoms with Gasteiger partial charge in [-0.05, 0) is 43.2 Å². The molecule has 8 heteroatoms. The van der Waals surface area contributed by atoms with E-state index in [-0.39, 0.29) is 22.3 Å². The summed E-state index contributed by atoms with van der Waals surface area (Å²) in [4.78, 5) is 16.8. The van der Waals surface area contributed by atoms with Crippen LogP contribution in [0, 0.1) is 6.92 Å². The summed E-state index contributed by atoms with van der Waals surface area (Å²) in [6.07, 6.45) is 2.35. The minimum absolute atomic E-state index is 0.0968. The summed E-state index contributed by atoms with van der Waals surface area (Å²) < 4.78 is 28.2. The Balaban J connectivity index is 2.34. The van der Waals surface area contributed by atoms with Crippen LogP contribution in [-0.2, 0) is 10.0 Å². The third-order valence-electron chi connectivity index (χ3n) is 3.75. The average Bonchev–Trinajstić information content (AvgIpc) is 2.59. The molecule has 2 aromatic rings. The number of pyridine rings is 1. The first-order valence-corrected chi connectivity index (χ1v) is 9.25. The second-order valence-corrected chi connectivity index (χ2v) is 7.16. The van der Waals surface area contributed by atoms with Crippen molar-refractivity contribution in [3.8, 4) is 5.75 Å². The van der Waals surface area contributed by atoms with Crippen molar-refractivity contribution in [1.82, 2.24) is 10.3 Å². The molecule has 1 amide bonds. The Kier molecular flexibility index (Phi) is 5.76. The second-order valence-electron chi connectivity index (χ2n) is 5.60. The van der Waals surface area contributed by atoms with Crippen LogP contribution in [0.4, 0.5) is 0 Å². The summed E-state index contributed by atoms with van der Waals surface area (Å²) in [6, 6.07) is 7.36. The second kappa shape index (κ2) is 7.62. The smallest absolute Gasteiger partial charge is 0.255 e. The number of primary sulfonamides is 1. The number of aromatic nitrogens is 1. The summed E-state index contributed by atoms with van der Waals surface area (Å²) in [5.41, 5.74) is 1.84. The first-order valence-electron chi connectivity index (χ1n) is 7.70. The van der Waals surface area contributed by atoms with Crippen LogP contribution in [-0.4, -0.2) is 26.4 Å². The topological polar surface area (TPSA) is 111 Å². The molecule has 7 nitrogen and oxygen atoms in total. The Morgan fingerprint density at radius 2 is 2.04 bits per heavy atom. The van der Waals surface area contributed by atoms with Gasteiger partial charge in [-0.25, -0.2) is 13.6 Å². The predicted molar refractivity (Wildman–Crippen MR) is 93.8 cm³/mol. The Morgan fingerprint density at radius 1 is 1.32 bits per heavy atom. The number of aryl methyl sites for hydroxylation is 1. The molecule has 0 spiro atoms. The van der Waals surface area contributed by atoms with Crippen molar-refractivity contribution in [3.63, 3.8) is 0 Å². The Morgan fingerprint density at radius 3 is 2.56 bits per heavy atom. The van der Waals surface area contributed by atoms with Crippen molar-refractivity contribution in [3.05, 3.63) is 53.3 Å². The van der Waals surface area contributed by atoms with Crippen LogP contribution in [0.3, 0.4) is 0 Å². The molecule has 3 N–H and O–H groups in total. The molecular formula is C17H21N3O4S. The summed E-state index contributed by atoms with van der Waals surface area (Å²) in [5.74, 6) is -0.201. The molecule has 25 heavy (non-hydrogen) atoms. The standard InChI is InChI=1S/C17H21N3O4S/c1-4-14(15-7-5-11(2)10-19-15)20-17(21)13-9-12(25(18,22)23)6-8-16(13)24-3/h5-10,14H,4H2,1-3H3,(H,20,21)(H2,18,22,23)/t14-/m1/s1. The number of hydrogen-bond donors (Lipinski definition) is 2. The van der Waals surface area contributed by atoms with Crippen LogP contribution in [0.15, 0.2) is 41.4 Å². The number of nitrogens with zero attached hydrogens (tertiary/aromatic N) is 1. The molecule has 2 rings (SSSR count). The van der Waals surface area contributed by atoms with Crippen molar-refractivity contribution < 1.29 is 17.9 Å². The highest BCUT2D eigenvalue weighted by Crippen LogP contribution is 2.23. The van der Waals surface area contributed by atoms with Crippen molar-refractivity contribution in [2.45, 2.75) is 31.2 Å². The maximum atomic E-state index is 12.7. The van der Waals surface area contributed by atoms with Crippen LogP contribution < -0.4 is 15.2 Å². The van der Waals surface area contributed by atoms with Crippen LogP contribution in [0.1, 0.15) is 41.0 Å². The van der Waals surface area contributed by atoms with Gasteiger partial charge in [0, 0.05) is 6.20 Å². The lowest BCUT2D eigenvalue weighted by Gasteiger charge is -2.18. The van der Waals surface area contributed by atoms with Crippen molar-refractivity contribution in [1.29, 1.82) is 0 Å². The van der Waals surface area contributed by atoms with Gasteiger partial charge >= 0.3 is 0 Å². The van der Waals surface area contributed by atoms with Gasteiger partial charge in [0.1, 0.15) is 5.75 Å². The maximum Gasteiger partial charge on any atom is 0.255 e. The van der Waals surface area contributed by atoms with Gasteiger partial charge in [0.25, 0.3) is 5.91 Å². The van der Waals surface area contributed by atoms with Gasteiger partial charge in [0.05, 0.1) is 29.3 Å². The van der Waals surface area contributed by atoms with E-state index in [4.69, 9.17) is 9.88 Å². The number of carbonyl (C=O) groups is 1. The number of methoxy groups -OCH3 is 1. The molecule has 0 aliphatic rings. The van der Waals surface area contributed by atoms with Gasteiger partial charge < -0.3 is 10.1 Å². The van der Waals surface area contributed by atoms with Crippen LogP contribution in [0.2, 0.25) is 0 Å². The normalized spacial score (nSPS) is 12.5. The number of sulfonamides is 1. The summed E-state index contributed by atoms with van der Waals surface area (Å²) in [6.45, 7) is 3.85. The van der Waals surface area contributed by atoms with Gasteiger partial charge in [0.15, 0.2) is 0 Å². The number of benzene rings is 1. The molecule has 0 bridgehead atoms. The molecule has 134 valence electrons. The van der Waals surface area contributed by atoms with Gasteiger partial charge in [0.2, 0.25) is 10.0 Å². The lowest BCUT2D eigenvalue weighted by Crippen LogP contribution is -2.29. The Labute approximate surface area is 147 Å². The van der Waals surface area contributed by atoms with Crippen LogP contribution in [0.5, 0.6) is 5.75 Å². The molecule has 1 atom stereocenters. The van der Waals surface area contributed by atoms with E-state index in [1.807, 2.05) is 26.0 Å². The van der Waals surface area contributed by atoms with E-state index >= 15 is 0 Å². The van der Waals surface area contributed by atoms with Gasteiger partial charge in [-0.2, -0.15) is 0 Å². The van der Waals surface area contributed by atoms with Gasteiger partial charge in [-0.3, -0.25) is 9.78 Å². The van der Waals surface area contributed by atoms with Crippen molar-refractivity contribution >= 4 is 15.9 Å². The third kappa shape index (κ3) is 4.55. The number of ether oxygens (including phenoxy) is 1. The minimum Gasteiger partial charge on any atom is -0.496 e. The lowest BCUT2D eigenvalue weighted by atomic mass is 10.1. The first-order chi connectivity index (χ1) is 11.8. The van der Waals surface area contributed by atoms with Crippen molar-refractivity contribution in [2.75, 3.05) is 7.11 Å². The quantitative estimate of drug-likeness (QED) is 0.814. The van der Waals surface area contributed by atoms with Crippen LogP contribution in [0.25, 0.3) is 0 Å². The Hall–Kier alpha value is -2.45. The predicted octanol–water partition coefficient (Wildman–Crippen LogP) is 1.93. The highest BCUT2D eigenvalue weighted by molar-refractivity contribution is 7.89. The van der Waals surface area contributed by atoms with E-state index in [0.717, 1.165) is 11.3 Å². The third-order valence-corrected chi connectivity index (χ3v) is 4.66. The highest BCUT2D eigenvalue weighted by Gasteiger charge is 2.20. The summed E-state index contributed by atoms with van der Waals surface area (Å²) >= 11 is 0. The molecule has 1 aromatic carbocycles. The molecule has 0 saturated heterocycles. The zero-order valence-electron chi connectivity index (χ0n) is 14.3. The summed E-state index contributed by atoms with van der Waals surface area (Å²) in [5, 5.41) is 7.99. The number of nitrogens with two attached hydrogens (primary N) is 1. The lowest BCUT2D eigenvalue weighted by molar-refractivity contribution is 0.0931. The number of nitrogens with one attached hydrogen (secondary N) is 1. The number of hydrogen-bond acceptors (Lipinski definition) is 5. The Bertz CT molecular complexity index is 864. The number of carbonyl (C=O) groups excluding carboxylic acids is 1. The van der Waals surface area contributed by atoms with E-state index < -0.39 is 15.9 Å². The zero-order chi connectivity index (χ0) is 18.6. The van der Waals surface area contributed by atoms with Gasteiger partial charge in [-0.1, -0.05) is 13.0 Å². The molecule has 0 unspecified atom stereocenters. The number of amides is 1. The molecule has 1 heterocycles. The SMILES string of the molecule is CC[C@@H](NC(=O)c1cc(S(N)(=O)=O)ccc1OC)c1ccc(C)cn1. The average molecular weight is 363 g/mol. The molecule has 0 saturated carbocycles. The molecule has 0 aliphatic carbocycles. The fourth-order valence-corrected chi connectivity index (χ4v) is 2.89. The molecule has 0 aliphatic heterocycles. The van der Waals surface area contributed by atoms with Crippen molar-refractivity contribution in [2.24, 2.45) is 5.14 Å². The van der Waals surface area contributed by atoms with E-state index in [2.05, 4.69) is 10.3 Å². The van der Waals surface area contributed by atoms with Crippen LogP contribution >= 0.6 is 0 Å². The summed E-state index contributed by atoms with van der Waals surface area (Å²) in [7, 11) is -2.52. The van der Waals surface area contributed by atoms with Gasteiger partial charge in [-0.15, -0.1) is 0 Å². The molecule has 0 fully saturated rings.